The summed E-state index contributed by atoms with van der Waals surface area (Å²) >= 11 is 1.31. The first-order valence-electron chi connectivity index (χ1n) is 8.85. The van der Waals surface area contributed by atoms with Gasteiger partial charge >= 0.3 is 0 Å². The summed E-state index contributed by atoms with van der Waals surface area (Å²) in [6.45, 7) is 5.56. The summed E-state index contributed by atoms with van der Waals surface area (Å²) in [4.78, 5) is 44.6. The predicted octanol–water partition coefficient (Wildman–Crippen LogP) is 1.53. The fourth-order valence-electron chi connectivity index (χ4n) is 2.91. The number of hydrogen-bond donors (Lipinski definition) is 1. The standard InChI is InChI=1S/C19H22N4O3S/c1-14(24)17-12-15(13-27-17)19(26)23-10-8-22(9-11-23)7-6-21-18(25)16-4-2-3-5-20-16/h2-5,12-13H,6-11H2,1H3,(H,21,25). The Morgan fingerprint density at radius 2 is 1.96 bits per heavy atom. The van der Waals surface area contributed by atoms with E-state index in [-0.39, 0.29) is 17.6 Å². The van der Waals surface area contributed by atoms with Gasteiger partial charge in [-0.15, -0.1) is 11.3 Å². The van der Waals surface area contributed by atoms with E-state index in [0.29, 0.717) is 35.8 Å². The maximum absolute atomic E-state index is 12.5. The molecule has 7 nitrogen and oxygen atoms in total. The van der Waals surface area contributed by atoms with Crippen LogP contribution in [0.5, 0.6) is 0 Å². The third kappa shape index (κ3) is 4.99. The van der Waals surface area contributed by atoms with E-state index in [1.807, 2.05) is 4.90 Å². The number of nitrogens with zero attached hydrogens (tertiary/aromatic N) is 3. The molecule has 0 aromatic carbocycles. The molecule has 0 radical (unpaired) electrons. The number of carbonyl (C=O) groups is 3. The highest BCUT2D eigenvalue weighted by Gasteiger charge is 2.23. The van der Waals surface area contributed by atoms with Crippen molar-refractivity contribution < 1.29 is 14.4 Å². The molecule has 0 bridgehead atoms. The van der Waals surface area contributed by atoms with E-state index in [2.05, 4.69) is 15.2 Å². The number of ketones is 1. The van der Waals surface area contributed by atoms with Crippen LogP contribution in [-0.2, 0) is 0 Å². The van der Waals surface area contributed by atoms with Crippen molar-refractivity contribution in [1.29, 1.82) is 0 Å². The molecule has 1 aliphatic heterocycles. The second-order valence-corrected chi connectivity index (χ2v) is 7.27. The maximum atomic E-state index is 12.5. The van der Waals surface area contributed by atoms with Crippen LogP contribution in [-0.4, -0.2) is 71.6 Å². The molecule has 8 heteroatoms. The average molecular weight is 386 g/mol. The van der Waals surface area contributed by atoms with Gasteiger partial charge in [0.25, 0.3) is 11.8 Å². The van der Waals surface area contributed by atoms with Gasteiger partial charge in [0.1, 0.15) is 5.69 Å². The van der Waals surface area contributed by atoms with Gasteiger partial charge in [-0.2, -0.15) is 0 Å². The first-order chi connectivity index (χ1) is 13.0. The van der Waals surface area contributed by atoms with Gasteiger partial charge in [0.2, 0.25) is 0 Å². The lowest BCUT2D eigenvalue weighted by Gasteiger charge is -2.34. The summed E-state index contributed by atoms with van der Waals surface area (Å²) in [6.07, 6.45) is 1.60. The quantitative estimate of drug-likeness (QED) is 0.762. The topological polar surface area (TPSA) is 82.6 Å². The highest BCUT2D eigenvalue weighted by Crippen LogP contribution is 2.17. The minimum atomic E-state index is -0.178. The van der Waals surface area contributed by atoms with Gasteiger partial charge in [-0.3, -0.25) is 24.3 Å². The fourth-order valence-corrected chi connectivity index (χ4v) is 3.69. The van der Waals surface area contributed by atoms with E-state index in [1.54, 1.807) is 35.8 Å². The SMILES string of the molecule is CC(=O)c1cc(C(=O)N2CCN(CCNC(=O)c3ccccn3)CC2)cs1. The summed E-state index contributed by atoms with van der Waals surface area (Å²) < 4.78 is 0. The molecule has 0 unspecified atom stereocenters. The lowest BCUT2D eigenvalue weighted by molar-refractivity contribution is 0.0638. The monoisotopic (exact) mass is 386 g/mol. The van der Waals surface area contributed by atoms with Crippen molar-refractivity contribution >= 4 is 28.9 Å². The van der Waals surface area contributed by atoms with Crippen molar-refractivity contribution in [2.24, 2.45) is 0 Å². The Balaban J connectivity index is 1.41. The molecule has 3 heterocycles. The molecule has 1 fully saturated rings. The Hall–Kier alpha value is -2.58. The highest BCUT2D eigenvalue weighted by atomic mass is 32.1. The van der Waals surface area contributed by atoms with Crippen LogP contribution < -0.4 is 5.32 Å². The van der Waals surface area contributed by atoms with Gasteiger partial charge in [0, 0.05) is 50.8 Å². The third-order valence-corrected chi connectivity index (χ3v) is 5.50. The van der Waals surface area contributed by atoms with Crippen LogP contribution in [0.1, 0.15) is 37.4 Å². The molecule has 1 N–H and O–H groups in total. The summed E-state index contributed by atoms with van der Waals surface area (Å²) in [5.74, 6) is -0.221. The summed E-state index contributed by atoms with van der Waals surface area (Å²) in [7, 11) is 0. The van der Waals surface area contributed by atoms with E-state index in [9.17, 15) is 14.4 Å². The zero-order valence-corrected chi connectivity index (χ0v) is 16.0. The molecular weight excluding hydrogens is 364 g/mol. The lowest BCUT2D eigenvalue weighted by atomic mass is 10.2. The smallest absolute Gasteiger partial charge is 0.269 e. The minimum absolute atomic E-state index is 0.0170. The summed E-state index contributed by atoms with van der Waals surface area (Å²) in [6, 6.07) is 6.91. The Kier molecular flexibility index (Phi) is 6.31. The van der Waals surface area contributed by atoms with Crippen LogP contribution >= 0.6 is 11.3 Å². The van der Waals surface area contributed by atoms with Crippen LogP contribution in [0, 0.1) is 0 Å². The molecule has 2 amide bonds. The third-order valence-electron chi connectivity index (χ3n) is 4.46. The molecule has 2 aromatic rings. The molecule has 27 heavy (non-hydrogen) atoms. The fraction of sp³-hybridized carbons (Fsp3) is 0.368. The van der Waals surface area contributed by atoms with Gasteiger partial charge in [-0.1, -0.05) is 6.07 Å². The number of thiophene rings is 1. The van der Waals surface area contributed by atoms with Crippen molar-refractivity contribution in [3.8, 4) is 0 Å². The molecule has 2 aromatic heterocycles. The zero-order valence-electron chi connectivity index (χ0n) is 15.2. The van der Waals surface area contributed by atoms with Crippen LogP contribution in [0.15, 0.2) is 35.8 Å². The van der Waals surface area contributed by atoms with E-state index in [4.69, 9.17) is 0 Å². The number of amides is 2. The zero-order chi connectivity index (χ0) is 19.2. The number of Topliss-reactive ketones (excluding diaryl/α,β-unsaturated/α-hetero) is 1. The first kappa shape index (κ1) is 19.2. The van der Waals surface area contributed by atoms with Crippen molar-refractivity contribution in [1.82, 2.24) is 20.1 Å². The highest BCUT2D eigenvalue weighted by molar-refractivity contribution is 7.12. The molecule has 0 saturated carbocycles. The maximum Gasteiger partial charge on any atom is 0.269 e. The molecule has 0 atom stereocenters. The van der Waals surface area contributed by atoms with Gasteiger partial charge in [-0.25, -0.2) is 0 Å². The van der Waals surface area contributed by atoms with Crippen molar-refractivity contribution in [3.05, 3.63) is 52.0 Å². The molecule has 0 aliphatic carbocycles. The van der Waals surface area contributed by atoms with Crippen molar-refractivity contribution in [3.63, 3.8) is 0 Å². The van der Waals surface area contributed by atoms with E-state index in [0.717, 1.165) is 19.6 Å². The van der Waals surface area contributed by atoms with Gasteiger partial charge in [0.05, 0.1) is 10.4 Å². The van der Waals surface area contributed by atoms with E-state index in [1.165, 1.54) is 18.3 Å². The Bertz CT molecular complexity index is 813. The number of carbonyl (C=O) groups excluding carboxylic acids is 3. The predicted molar refractivity (Wildman–Crippen MR) is 103 cm³/mol. The van der Waals surface area contributed by atoms with Gasteiger partial charge in [0.15, 0.2) is 5.78 Å². The second kappa shape index (κ2) is 8.88. The summed E-state index contributed by atoms with van der Waals surface area (Å²) in [5.41, 5.74) is 0.995. The molecule has 3 rings (SSSR count). The van der Waals surface area contributed by atoms with Crippen LogP contribution in [0.2, 0.25) is 0 Å². The average Bonchev–Trinajstić information content (AvgIpc) is 3.19. The van der Waals surface area contributed by atoms with Crippen LogP contribution in [0.25, 0.3) is 0 Å². The van der Waals surface area contributed by atoms with Crippen molar-refractivity contribution in [2.45, 2.75) is 6.92 Å². The first-order valence-corrected chi connectivity index (χ1v) is 9.73. The number of hydrogen-bond acceptors (Lipinski definition) is 6. The molecule has 1 aliphatic rings. The number of piperazine rings is 1. The van der Waals surface area contributed by atoms with Gasteiger partial charge in [-0.05, 0) is 25.1 Å². The summed E-state index contributed by atoms with van der Waals surface area (Å²) in [5, 5.41) is 4.61. The number of rotatable bonds is 6. The number of pyridine rings is 1. The Morgan fingerprint density at radius 1 is 1.19 bits per heavy atom. The van der Waals surface area contributed by atoms with Crippen molar-refractivity contribution in [2.75, 3.05) is 39.3 Å². The molecule has 1 saturated heterocycles. The molecule has 0 spiro atoms. The second-order valence-electron chi connectivity index (χ2n) is 6.36. The molecule has 142 valence electrons. The van der Waals surface area contributed by atoms with Crippen LogP contribution in [0.3, 0.4) is 0 Å². The lowest BCUT2D eigenvalue weighted by Crippen LogP contribution is -2.50. The largest absolute Gasteiger partial charge is 0.349 e. The van der Waals surface area contributed by atoms with Crippen LogP contribution in [0.4, 0.5) is 0 Å². The van der Waals surface area contributed by atoms with E-state index < -0.39 is 0 Å². The Labute approximate surface area is 162 Å². The Morgan fingerprint density at radius 3 is 2.59 bits per heavy atom. The number of nitrogens with one attached hydrogen (secondary N) is 1. The number of aromatic nitrogens is 1. The minimum Gasteiger partial charge on any atom is -0.349 e. The normalized spacial score (nSPS) is 14.8. The molecular formula is C19H22N4O3S. The van der Waals surface area contributed by atoms with Gasteiger partial charge < -0.3 is 10.2 Å². The van der Waals surface area contributed by atoms with E-state index >= 15 is 0 Å².